The van der Waals surface area contributed by atoms with Crippen molar-refractivity contribution in [2.45, 2.75) is 20.3 Å². The zero-order valence-electron chi connectivity index (χ0n) is 7.05. The summed E-state index contributed by atoms with van der Waals surface area (Å²) in [5.41, 5.74) is 4.17. The van der Waals surface area contributed by atoms with Crippen molar-refractivity contribution in [2.75, 3.05) is 5.75 Å². The summed E-state index contributed by atoms with van der Waals surface area (Å²) in [5.74, 6) is 0.825. The van der Waals surface area contributed by atoms with E-state index in [0.29, 0.717) is 0 Å². The van der Waals surface area contributed by atoms with Crippen LogP contribution >= 0.6 is 12.6 Å². The first-order valence-electron chi connectivity index (χ1n) is 3.89. The largest absolute Gasteiger partial charge is 0.0938 e. The van der Waals surface area contributed by atoms with Gasteiger partial charge in [0.25, 0.3) is 0 Å². The first-order valence-corrected chi connectivity index (χ1v) is 4.46. The molecule has 0 aliphatic heterocycles. The van der Waals surface area contributed by atoms with Crippen LogP contribution in [-0.4, -0.2) is 5.75 Å². The van der Waals surface area contributed by atoms with Crippen LogP contribution in [0.25, 0.3) is 0 Å². The molecule has 0 aliphatic carbocycles. The maximum absolute atomic E-state index is 4.95. The predicted molar refractivity (Wildman–Crippen MR) is 52.1 cm³/mol. The quantitative estimate of drug-likeness (QED) is 0.632. The Morgan fingerprint density at radius 1 is 1.18 bits per heavy atom. The van der Waals surface area contributed by atoms with Crippen LogP contribution in [0, 0.1) is 13.8 Å². The fourth-order valence-corrected chi connectivity index (χ4v) is 1.55. The summed E-state index contributed by atoms with van der Waals surface area (Å²) in [6, 6.07) is 6.39. The molecule has 0 saturated heterocycles. The molecule has 11 heavy (non-hydrogen) atoms. The Bertz CT molecular complexity index is 220. The van der Waals surface area contributed by atoms with E-state index >= 15 is 0 Å². The number of rotatable bonds is 2. The molecule has 0 N–H and O–H groups in total. The lowest BCUT2D eigenvalue weighted by Gasteiger charge is -2.06. The lowest BCUT2D eigenvalue weighted by molar-refractivity contribution is 1.10. The van der Waals surface area contributed by atoms with Gasteiger partial charge in [0, 0.05) is 5.75 Å². The minimum atomic E-state index is 0.825. The molecule has 1 rings (SSSR count). The van der Waals surface area contributed by atoms with Crippen molar-refractivity contribution in [3.8, 4) is 0 Å². The molecule has 59 valence electrons. The SMILES string of the molecule is Cc1cccc(C)c1CC[S]. The molecule has 0 aromatic heterocycles. The fourth-order valence-electron chi connectivity index (χ4n) is 1.35. The van der Waals surface area contributed by atoms with Crippen LogP contribution in [-0.2, 0) is 6.42 Å². The summed E-state index contributed by atoms with van der Waals surface area (Å²) in [6.45, 7) is 4.29. The van der Waals surface area contributed by atoms with Gasteiger partial charge >= 0.3 is 0 Å². The van der Waals surface area contributed by atoms with E-state index in [4.69, 9.17) is 12.6 Å². The highest BCUT2D eigenvalue weighted by atomic mass is 32.1. The molecule has 0 aliphatic rings. The first-order chi connectivity index (χ1) is 5.25. The molecule has 1 aromatic carbocycles. The highest BCUT2D eigenvalue weighted by Crippen LogP contribution is 2.13. The van der Waals surface area contributed by atoms with E-state index in [-0.39, 0.29) is 0 Å². The van der Waals surface area contributed by atoms with Crippen LogP contribution < -0.4 is 0 Å². The van der Waals surface area contributed by atoms with E-state index in [9.17, 15) is 0 Å². The summed E-state index contributed by atoms with van der Waals surface area (Å²) in [5, 5.41) is 0. The van der Waals surface area contributed by atoms with Gasteiger partial charge in [0.2, 0.25) is 0 Å². The zero-order chi connectivity index (χ0) is 8.27. The van der Waals surface area contributed by atoms with Gasteiger partial charge < -0.3 is 0 Å². The van der Waals surface area contributed by atoms with Gasteiger partial charge in [0.05, 0.1) is 0 Å². The monoisotopic (exact) mass is 165 g/mol. The molecule has 0 fully saturated rings. The van der Waals surface area contributed by atoms with Crippen LogP contribution in [0.15, 0.2) is 18.2 Å². The van der Waals surface area contributed by atoms with E-state index in [1.54, 1.807) is 0 Å². The molecule has 0 nitrogen and oxygen atoms in total. The van der Waals surface area contributed by atoms with E-state index < -0.39 is 0 Å². The van der Waals surface area contributed by atoms with Gasteiger partial charge in [-0.3, -0.25) is 0 Å². The second-order valence-electron chi connectivity index (χ2n) is 2.82. The standard InChI is InChI=1S/C10H13S/c1-8-4-3-5-9(2)10(8)6-7-11/h3-5H,6-7H2,1-2H3. The minimum absolute atomic E-state index is 0.825. The summed E-state index contributed by atoms with van der Waals surface area (Å²) >= 11 is 4.95. The molecular formula is C10H13S. The minimum Gasteiger partial charge on any atom is -0.0938 e. The molecule has 1 radical (unpaired) electrons. The van der Waals surface area contributed by atoms with E-state index in [1.165, 1.54) is 16.7 Å². The second-order valence-corrected chi connectivity index (χ2v) is 3.23. The summed E-state index contributed by atoms with van der Waals surface area (Å²) in [4.78, 5) is 0. The maximum Gasteiger partial charge on any atom is 0.00776 e. The normalized spacial score (nSPS) is 10.1. The third kappa shape index (κ3) is 2.00. The lowest BCUT2D eigenvalue weighted by atomic mass is 10.0. The molecule has 0 spiro atoms. The number of aryl methyl sites for hydroxylation is 2. The van der Waals surface area contributed by atoms with Crippen LogP contribution in [0.5, 0.6) is 0 Å². The topological polar surface area (TPSA) is 0 Å². The molecule has 0 amide bonds. The Hall–Kier alpha value is -0.430. The average Bonchev–Trinajstić information content (AvgIpc) is 1.97. The Morgan fingerprint density at radius 2 is 1.73 bits per heavy atom. The number of hydrogen-bond acceptors (Lipinski definition) is 0. The zero-order valence-corrected chi connectivity index (χ0v) is 7.87. The Kier molecular flexibility index (Phi) is 3.01. The lowest BCUT2D eigenvalue weighted by Crippen LogP contribution is -1.93. The number of benzene rings is 1. The molecular weight excluding hydrogens is 152 g/mol. The van der Waals surface area contributed by atoms with Crippen LogP contribution in [0.2, 0.25) is 0 Å². The molecule has 0 unspecified atom stereocenters. The molecule has 1 heteroatoms. The van der Waals surface area contributed by atoms with Gasteiger partial charge in [-0.2, -0.15) is 0 Å². The van der Waals surface area contributed by atoms with Crippen molar-refractivity contribution in [1.82, 2.24) is 0 Å². The van der Waals surface area contributed by atoms with E-state index in [0.717, 1.165) is 12.2 Å². The van der Waals surface area contributed by atoms with Crippen molar-refractivity contribution < 1.29 is 0 Å². The second kappa shape index (κ2) is 3.82. The van der Waals surface area contributed by atoms with Gasteiger partial charge in [0.15, 0.2) is 0 Å². The van der Waals surface area contributed by atoms with Crippen LogP contribution in [0.1, 0.15) is 16.7 Å². The Morgan fingerprint density at radius 3 is 2.18 bits per heavy atom. The summed E-state index contributed by atoms with van der Waals surface area (Å²) in [6.07, 6.45) is 1.04. The van der Waals surface area contributed by atoms with Crippen molar-refractivity contribution in [2.24, 2.45) is 0 Å². The van der Waals surface area contributed by atoms with Gasteiger partial charge in [-0.05, 0) is 37.0 Å². The fraction of sp³-hybridized carbons (Fsp3) is 0.400. The molecule has 1 aromatic rings. The van der Waals surface area contributed by atoms with E-state index in [2.05, 4.69) is 32.0 Å². The molecule has 0 heterocycles. The van der Waals surface area contributed by atoms with Gasteiger partial charge in [-0.1, -0.05) is 30.8 Å². The van der Waals surface area contributed by atoms with Crippen molar-refractivity contribution in [1.29, 1.82) is 0 Å². The van der Waals surface area contributed by atoms with Gasteiger partial charge in [0.1, 0.15) is 0 Å². The van der Waals surface area contributed by atoms with E-state index in [1.807, 2.05) is 0 Å². The molecule has 0 atom stereocenters. The third-order valence-corrected chi connectivity index (χ3v) is 2.20. The highest BCUT2D eigenvalue weighted by Gasteiger charge is 1.99. The first kappa shape index (κ1) is 8.66. The van der Waals surface area contributed by atoms with Crippen molar-refractivity contribution in [3.63, 3.8) is 0 Å². The average molecular weight is 165 g/mol. The predicted octanol–water partition coefficient (Wildman–Crippen LogP) is 3.04. The van der Waals surface area contributed by atoms with Gasteiger partial charge in [-0.15, -0.1) is 0 Å². The van der Waals surface area contributed by atoms with Crippen LogP contribution in [0.4, 0.5) is 0 Å². The highest BCUT2D eigenvalue weighted by molar-refractivity contribution is 7.80. The van der Waals surface area contributed by atoms with Gasteiger partial charge in [-0.25, -0.2) is 0 Å². The Balaban J connectivity index is 3.00. The Labute approximate surface area is 74.0 Å². The maximum atomic E-state index is 4.95. The third-order valence-electron chi connectivity index (χ3n) is 2.00. The molecule has 0 bridgehead atoms. The number of hydrogen-bond donors (Lipinski definition) is 0. The smallest absolute Gasteiger partial charge is 0.00776 e. The molecule has 0 saturated carbocycles. The van der Waals surface area contributed by atoms with Crippen molar-refractivity contribution >= 4 is 12.6 Å². The van der Waals surface area contributed by atoms with Crippen LogP contribution in [0.3, 0.4) is 0 Å². The van der Waals surface area contributed by atoms with Crippen molar-refractivity contribution in [3.05, 3.63) is 34.9 Å². The summed E-state index contributed by atoms with van der Waals surface area (Å²) < 4.78 is 0. The summed E-state index contributed by atoms with van der Waals surface area (Å²) in [7, 11) is 0.